The van der Waals surface area contributed by atoms with Crippen molar-refractivity contribution < 1.29 is 4.79 Å². The molecule has 3 N–H and O–H groups in total. The highest BCUT2D eigenvalue weighted by atomic mass is 35.5. The number of nitrogen functional groups attached to an aromatic ring is 1. The Labute approximate surface area is 125 Å². The molecule has 0 saturated heterocycles. The van der Waals surface area contributed by atoms with Crippen molar-refractivity contribution in [1.29, 1.82) is 0 Å². The van der Waals surface area contributed by atoms with Gasteiger partial charge >= 0.3 is 0 Å². The van der Waals surface area contributed by atoms with Gasteiger partial charge in [0.05, 0.1) is 5.56 Å². The zero-order valence-electron chi connectivity index (χ0n) is 10.4. The Kier molecular flexibility index (Phi) is 3.34. The van der Waals surface area contributed by atoms with Crippen molar-refractivity contribution in [2.24, 2.45) is 0 Å². The summed E-state index contributed by atoms with van der Waals surface area (Å²) in [6.07, 6.45) is 0. The minimum atomic E-state index is -0.242. The van der Waals surface area contributed by atoms with Gasteiger partial charge < -0.3 is 11.1 Å². The molecule has 1 aromatic heterocycles. The third-order valence-electron chi connectivity index (χ3n) is 2.97. The van der Waals surface area contributed by atoms with Crippen LogP contribution in [-0.2, 0) is 0 Å². The van der Waals surface area contributed by atoms with Crippen LogP contribution in [0.15, 0.2) is 47.8 Å². The number of fused-ring (bicyclic) bond motifs is 1. The Morgan fingerprint density at radius 1 is 1.15 bits per heavy atom. The number of hydrogen-bond donors (Lipinski definition) is 2. The topological polar surface area (TPSA) is 55.1 Å². The van der Waals surface area contributed by atoms with Crippen LogP contribution in [0, 0.1) is 0 Å². The van der Waals surface area contributed by atoms with Crippen molar-refractivity contribution >= 4 is 50.3 Å². The molecular formula is C15H11ClN2OS. The summed E-state index contributed by atoms with van der Waals surface area (Å²) in [7, 11) is 0. The molecular weight excluding hydrogens is 292 g/mol. The molecule has 1 heterocycles. The molecule has 0 aliphatic heterocycles. The number of nitrogens with two attached hydrogens (primary N) is 1. The number of rotatable bonds is 2. The van der Waals surface area contributed by atoms with Gasteiger partial charge in [-0.3, -0.25) is 4.79 Å². The molecule has 20 heavy (non-hydrogen) atoms. The molecule has 3 aromatic rings. The summed E-state index contributed by atoms with van der Waals surface area (Å²) >= 11 is 7.49. The van der Waals surface area contributed by atoms with Crippen LogP contribution in [0.2, 0.25) is 5.02 Å². The third kappa shape index (κ3) is 2.48. The van der Waals surface area contributed by atoms with Gasteiger partial charge in [0.2, 0.25) is 0 Å². The highest BCUT2D eigenvalue weighted by Gasteiger charge is 2.10. The van der Waals surface area contributed by atoms with E-state index in [1.54, 1.807) is 29.5 Å². The highest BCUT2D eigenvalue weighted by molar-refractivity contribution is 7.17. The molecule has 0 unspecified atom stereocenters. The van der Waals surface area contributed by atoms with Gasteiger partial charge in [-0.25, -0.2) is 0 Å². The van der Waals surface area contributed by atoms with Crippen LogP contribution >= 0.6 is 22.9 Å². The number of carbonyl (C=O) groups excluding carboxylic acids is 1. The van der Waals surface area contributed by atoms with Gasteiger partial charge in [-0.2, -0.15) is 0 Å². The van der Waals surface area contributed by atoms with E-state index in [-0.39, 0.29) is 5.91 Å². The van der Waals surface area contributed by atoms with Gasteiger partial charge in [0, 0.05) is 21.1 Å². The van der Waals surface area contributed by atoms with E-state index in [0.717, 1.165) is 11.1 Å². The van der Waals surface area contributed by atoms with Crippen LogP contribution in [0.1, 0.15) is 10.4 Å². The first kappa shape index (κ1) is 13.0. The predicted molar refractivity (Wildman–Crippen MR) is 85.6 cm³/mol. The van der Waals surface area contributed by atoms with Crippen LogP contribution < -0.4 is 11.1 Å². The normalized spacial score (nSPS) is 10.7. The largest absolute Gasteiger partial charge is 0.398 e. The first-order valence-electron chi connectivity index (χ1n) is 5.97. The standard InChI is InChI=1S/C15H11ClN2OS/c16-10-1-3-12(13(17)8-10)15(19)18-11-2-4-14-9(7-11)5-6-20-14/h1-8H,17H2,(H,18,19). The highest BCUT2D eigenvalue weighted by Crippen LogP contribution is 2.25. The summed E-state index contributed by atoms with van der Waals surface area (Å²) in [6.45, 7) is 0. The second-order valence-electron chi connectivity index (χ2n) is 4.36. The number of carbonyl (C=O) groups is 1. The fraction of sp³-hybridized carbons (Fsp3) is 0. The average Bonchev–Trinajstić information content (AvgIpc) is 2.85. The van der Waals surface area contributed by atoms with Crippen molar-refractivity contribution in [3.63, 3.8) is 0 Å². The molecule has 0 aliphatic rings. The van der Waals surface area contributed by atoms with Crippen LogP contribution in [0.25, 0.3) is 10.1 Å². The molecule has 0 radical (unpaired) electrons. The van der Waals surface area contributed by atoms with Crippen molar-refractivity contribution in [2.75, 3.05) is 11.1 Å². The average molecular weight is 303 g/mol. The third-order valence-corrected chi connectivity index (χ3v) is 4.10. The zero-order chi connectivity index (χ0) is 14.1. The number of halogens is 1. The number of benzene rings is 2. The summed E-state index contributed by atoms with van der Waals surface area (Å²) in [6, 6.07) is 12.7. The minimum absolute atomic E-state index is 0.242. The monoisotopic (exact) mass is 302 g/mol. The number of thiophene rings is 1. The van der Waals surface area contributed by atoms with E-state index >= 15 is 0 Å². The predicted octanol–water partition coefficient (Wildman–Crippen LogP) is 4.39. The quantitative estimate of drug-likeness (QED) is 0.690. The van der Waals surface area contributed by atoms with E-state index in [2.05, 4.69) is 5.32 Å². The Morgan fingerprint density at radius 2 is 2.00 bits per heavy atom. The summed E-state index contributed by atoms with van der Waals surface area (Å²) in [5.74, 6) is -0.242. The SMILES string of the molecule is Nc1cc(Cl)ccc1C(=O)Nc1ccc2sccc2c1. The summed E-state index contributed by atoms with van der Waals surface area (Å²) < 4.78 is 1.19. The second-order valence-corrected chi connectivity index (χ2v) is 5.74. The molecule has 3 rings (SSSR count). The fourth-order valence-electron chi connectivity index (χ4n) is 1.98. The van der Waals surface area contributed by atoms with E-state index in [1.807, 2.05) is 29.6 Å². The summed E-state index contributed by atoms with van der Waals surface area (Å²) in [5, 5.41) is 6.49. The van der Waals surface area contributed by atoms with Crippen molar-refractivity contribution in [2.45, 2.75) is 0 Å². The van der Waals surface area contributed by atoms with Gasteiger partial charge in [-0.15, -0.1) is 11.3 Å². The van der Waals surface area contributed by atoms with E-state index < -0.39 is 0 Å². The number of amides is 1. The van der Waals surface area contributed by atoms with Gasteiger partial charge in [0.15, 0.2) is 0 Å². The molecule has 5 heteroatoms. The lowest BCUT2D eigenvalue weighted by Crippen LogP contribution is -2.13. The lowest BCUT2D eigenvalue weighted by molar-refractivity contribution is 0.102. The van der Waals surface area contributed by atoms with E-state index in [1.165, 1.54) is 4.70 Å². The Bertz CT molecular complexity index is 797. The molecule has 0 aliphatic carbocycles. The van der Waals surface area contributed by atoms with Crippen LogP contribution in [0.4, 0.5) is 11.4 Å². The first-order valence-corrected chi connectivity index (χ1v) is 7.23. The number of anilines is 2. The number of hydrogen-bond acceptors (Lipinski definition) is 3. The Morgan fingerprint density at radius 3 is 2.80 bits per heavy atom. The van der Waals surface area contributed by atoms with Gasteiger partial charge in [0.1, 0.15) is 0 Å². The summed E-state index contributed by atoms with van der Waals surface area (Å²) in [5.41, 5.74) is 7.34. The second kappa shape index (κ2) is 5.15. The zero-order valence-corrected chi connectivity index (χ0v) is 12.0. The molecule has 0 bridgehead atoms. The molecule has 0 saturated carbocycles. The van der Waals surface area contributed by atoms with Gasteiger partial charge in [0.25, 0.3) is 5.91 Å². The molecule has 0 spiro atoms. The van der Waals surface area contributed by atoms with Crippen LogP contribution in [0.3, 0.4) is 0 Å². The molecule has 0 fully saturated rings. The van der Waals surface area contributed by atoms with Gasteiger partial charge in [-0.1, -0.05) is 11.6 Å². The van der Waals surface area contributed by atoms with Crippen molar-refractivity contribution in [3.8, 4) is 0 Å². The van der Waals surface area contributed by atoms with Crippen LogP contribution in [0.5, 0.6) is 0 Å². The molecule has 2 aromatic carbocycles. The fourth-order valence-corrected chi connectivity index (χ4v) is 2.93. The van der Waals surface area contributed by atoms with Crippen LogP contribution in [-0.4, -0.2) is 5.91 Å². The number of nitrogens with one attached hydrogen (secondary N) is 1. The van der Waals surface area contributed by atoms with E-state index in [9.17, 15) is 4.79 Å². The van der Waals surface area contributed by atoms with Gasteiger partial charge in [-0.05, 0) is 53.2 Å². The maximum atomic E-state index is 12.2. The molecule has 3 nitrogen and oxygen atoms in total. The van der Waals surface area contributed by atoms with E-state index in [0.29, 0.717) is 16.3 Å². The minimum Gasteiger partial charge on any atom is -0.398 e. The maximum Gasteiger partial charge on any atom is 0.257 e. The molecule has 1 amide bonds. The lowest BCUT2D eigenvalue weighted by atomic mass is 10.1. The summed E-state index contributed by atoms with van der Waals surface area (Å²) in [4.78, 5) is 12.2. The van der Waals surface area contributed by atoms with Crippen molar-refractivity contribution in [3.05, 3.63) is 58.4 Å². The smallest absolute Gasteiger partial charge is 0.257 e. The maximum absolute atomic E-state index is 12.2. The Hall–Kier alpha value is -2.04. The Balaban J connectivity index is 1.87. The molecule has 100 valence electrons. The first-order chi connectivity index (χ1) is 9.63. The van der Waals surface area contributed by atoms with E-state index in [4.69, 9.17) is 17.3 Å². The molecule has 0 atom stereocenters. The lowest BCUT2D eigenvalue weighted by Gasteiger charge is -2.08. The van der Waals surface area contributed by atoms with Crippen molar-refractivity contribution in [1.82, 2.24) is 0 Å².